The van der Waals surface area contributed by atoms with Gasteiger partial charge in [-0.2, -0.15) is 0 Å². The van der Waals surface area contributed by atoms with Gasteiger partial charge in [0, 0.05) is 38.2 Å². The molecule has 0 atom stereocenters. The van der Waals surface area contributed by atoms with Crippen molar-refractivity contribution in [2.45, 2.75) is 32.9 Å². The van der Waals surface area contributed by atoms with Crippen molar-refractivity contribution in [3.05, 3.63) is 22.4 Å². The molecule has 1 heterocycles. The Kier molecular flexibility index (Phi) is 7.71. The van der Waals surface area contributed by atoms with Gasteiger partial charge in [-0.1, -0.05) is 6.07 Å². The van der Waals surface area contributed by atoms with Crippen molar-refractivity contribution in [2.24, 2.45) is 0 Å². The van der Waals surface area contributed by atoms with E-state index in [0.717, 1.165) is 13.1 Å². The van der Waals surface area contributed by atoms with E-state index in [-0.39, 0.29) is 6.09 Å². The van der Waals surface area contributed by atoms with Gasteiger partial charge in [-0.05, 0) is 32.2 Å². The highest BCUT2D eigenvalue weighted by molar-refractivity contribution is 7.09. The number of methoxy groups -OCH3 is 1. The van der Waals surface area contributed by atoms with E-state index in [4.69, 9.17) is 9.47 Å². The molecule has 0 aliphatic carbocycles. The lowest BCUT2D eigenvalue weighted by Crippen LogP contribution is -2.42. The Hall–Kier alpha value is -1.11. The summed E-state index contributed by atoms with van der Waals surface area (Å²) in [4.78, 5) is 15.1. The van der Waals surface area contributed by atoms with Crippen LogP contribution in [0.25, 0.3) is 0 Å². The van der Waals surface area contributed by atoms with Crippen LogP contribution in [-0.2, 0) is 16.0 Å². The van der Waals surface area contributed by atoms with Crippen molar-refractivity contribution >= 4 is 17.4 Å². The second-order valence-electron chi connectivity index (χ2n) is 5.72. The Bertz CT molecular complexity index is 402. The van der Waals surface area contributed by atoms with Gasteiger partial charge in [0.05, 0.1) is 6.61 Å². The molecule has 0 aliphatic heterocycles. The summed E-state index contributed by atoms with van der Waals surface area (Å²) in [5.41, 5.74) is -0.479. The average Bonchev–Trinajstić information content (AvgIpc) is 2.88. The molecule has 0 saturated carbocycles. The summed E-state index contributed by atoms with van der Waals surface area (Å²) in [6.07, 6.45) is -0.294. The van der Waals surface area contributed by atoms with Crippen molar-refractivity contribution in [3.63, 3.8) is 0 Å². The molecule has 120 valence electrons. The van der Waals surface area contributed by atoms with Gasteiger partial charge >= 0.3 is 6.09 Å². The lowest BCUT2D eigenvalue weighted by Gasteiger charge is -2.27. The molecule has 0 saturated heterocycles. The molecule has 21 heavy (non-hydrogen) atoms. The average molecular weight is 314 g/mol. The third-order valence-electron chi connectivity index (χ3n) is 2.65. The number of hydrogen-bond acceptors (Lipinski definition) is 5. The maximum absolute atomic E-state index is 12.1. The van der Waals surface area contributed by atoms with Gasteiger partial charge in [-0.15, -0.1) is 11.3 Å². The van der Waals surface area contributed by atoms with Crippen molar-refractivity contribution < 1.29 is 14.3 Å². The van der Waals surface area contributed by atoms with Gasteiger partial charge in [0.1, 0.15) is 5.60 Å². The molecule has 0 aliphatic rings. The smallest absolute Gasteiger partial charge is 0.410 e. The van der Waals surface area contributed by atoms with E-state index in [2.05, 4.69) is 16.8 Å². The van der Waals surface area contributed by atoms with E-state index in [1.807, 2.05) is 26.8 Å². The molecule has 0 unspecified atom stereocenters. The van der Waals surface area contributed by atoms with Gasteiger partial charge < -0.3 is 19.7 Å². The molecule has 1 amide bonds. The maximum atomic E-state index is 12.1. The molecule has 0 bridgehead atoms. The first kappa shape index (κ1) is 17.9. The lowest BCUT2D eigenvalue weighted by molar-refractivity contribution is 0.0204. The lowest BCUT2D eigenvalue weighted by atomic mass is 10.2. The first-order chi connectivity index (χ1) is 9.92. The van der Waals surface area contributed by atoms with Crippen LogP contribution in [0.5, 0.6) is 0 Å². The maximum Gasteiger partial charge on any atom is 0.410 e. The Morgan fingerprint density at radius 1 is 1.38 bits per heavy atom. The Morgan fingerprint density at radius 3 is 2.71 bits per heavy atom. The van der Waals surface area contributed by atoms with E-state index in [1.165, 1.54) is 4.88 Å². The fraction of sp³-hybridized carbons (Fsp3) is 0.667. The topological polar surface area (TPSA) is 50.8 Å². The third-order valence-corrected chi connectivity index (χ3v) is 3.53. The van der Waals surface area contributed by atoms with Gasteiger partial charge in [-0.25, -0.2) is 4.79 Å². The number of amides is 1. The van der Waals surface area contributed by atoms with Crippen molar-refractivity contribution in [1.82, 2.24) is 10.2 Å². The second-order valence-corrected chi connectivity index (χ2v) is 6.75. The fourth-order valence-electron chi connectivity index (χ4n) is 1.66. The normalized spacial score (nSPS) is 11.4. The molecule has 0 spiro atoms. The Labute approximate surface area is 131 Å². The monoisotopic (exact) mass is 314 g/mol. The van der Waals surface area contributed by atoms with Crippen LogP contribution in [0, 0.1) is 0 Å². The van der Waals surface area contributed by atoms with Crippen LogP contribution < -0.4 is 5.32 Å². The summed E-state index contributed by atoms with van der Waals surface area (Å²) in [7, 11) is 1.63. The van der Waals surface area contributed by atoms with Crippen molar-refractivity contribution in [1.29, 1.82) is 0 Å². The number of nitrogens with one attached hydrogen (secondary N) is 1. The molecule has 0 aromatic carbocycles. The first-order valence-corrected chi connectivity index (χ1v) is 8.00. The van der Waals surface area contributed by atoms with Gasteiger partial charge in [0.15, 0.2) is 0 Å². The number of ether oxygens (including phenoxy) is 2. The summed E-state index contributed by atoms with van der Waals surface area (Å²) >= 11 is 1.72. The molecule has 1 N–H and O–H groups in total. The van der Waals surface area contributed by atoms with E-state index in [1.54, 1.807) is 23.3 Å². The highest BCUT2D eigenvalue weighted by atomic mass is 32.1. The summed E-state index contributed by atoms with van der Waals surface area (Å²) in [6.45, 7) is 8.79. The number of carbonyl (C=O) groups is 1. The fourth-order valence-corrected chi connectivity index (χ4v) is 2.34. The molecule has 5 nitrogen and oxygen atoms in total. The summed E-state index contributed by atoms with van der Waals surface area (Å²) in [6, 6.07) is 4.13. The Balaban J connectivity index is 2.36. The minimum absolute atomic E-state index is 0.294. The molecule has 0 radical (unpaired) electrons. The van der Waals surface area contributed by atoms with Crippen molar-refractivity contribution in [3.8, 4) is 0 Å². The zero-order chi connectivity index (χ0) is 15.7. The minimum Gasteiger partial charge on any atom is -0.444 e. The quantitative estimate of drug-likeness (QED) is 0.750. The van der Waals surface area contributed by atoms with Gasteiger partial charge in [0.25, 0.3) is 0 Å². The largest absolute Gasteiger partial charge is 0.444 e. The van der Waals surface area contributed by atoms with Crippen LogP contribution in [0.2, 0.25) is 0 Å². The molecule has 6 heteroatoms. The van der Waals surface area contributed by atoms with Gasteiger partial charge in [-0.3, -0.25) is 0 Å². The highest BCUT2D eigenvalue weighted by Crippen LogP contribution is 2.10. The van der Waals surface area contributed by atoms with Crippen LogP contribution in [0.4, 0.5) is 4.79 Å². The zero-order valence-corrected chi connectivity index (χ0v) is 14.2. The summed E-state index contributed by atoms with van der Waals surface area (Å²) in [5, 5.41) is 5.39. The predicted octanol–water partition coefficient (Wildman–Crippen LogP) is 2.72. The molecular formula is C15H26N2O3S. The number of thiophene rings is 1. The molecule has 1 rings (SSSR count). The summed E-state index contributed by atoms with van der Waals surface area (Å²) < 4.78 is 10.5. The van der Waals surface area contributed by atoms with Crippen LogP contribution in [0.15, 0.2) is 17.5 Å². The number of rotatable bonds is 8. The molecule has 1 aromatic rings. The Morgan fingerprint density at radius 2 is 2.14 bits per heavy atom. The third kappa shape index (κ3) is 8.04. The molecule has 0 fully saturated rings. The first-order valence-electron chi connectivity index (χ1n) is 7.12. The van der Waals surface area contributed by atoms with Crippen LogP contribution in [0.1, 0.15) is 25.6 Å². The van der Waals surface area contributed by atoms with Crippen LogP contribution in [0.3, 0.4) is 0 Å². The standard InChI is InChI=1S/C15H26N2O3S/c1-15(2,3)20-14(18)17(9-10-19-4)8-7-16-12-13-6-5-11-21-13/h5-6,11,16H,7-10,12H2,1-4H3. The zero-order valence-electron chi connectivity index (χ0n) is 13.3. The molecule has 1 aromatic heterocycles. The van der Waals surface area contributed by atoms with Gasteiger partial charge in [0.2, 0.25) is 0 Å². The van der Waals surface area contributed by atoms with Crippen LogP contribution >= 0.6 is 11.3 Å². The van der Waals surface area contributed by atoms with E-state index >= 15 is 0 Å². The second kappa shape index (κ2) is 9.02. The van der Waals surface area contributed by atoms with Crippen LogP contribution in [-0.4, -0.2) is 49.9 Å². The highest BCUT2D eigenvalue weighted by Gasteiger charge is 2.21. The van der Waals surface area contributed by atoms with Crippen molar-refractivity contribution in [2.75, 3.05) is 33.4 Å². The molecular weight excluding hydrogens is 288 g/mol. The van der Waals surface area contributed by atoms with E-state index in [0.29, 0.717) is 19.7 Å². The van der Waals surface area contributed by atoms with E-state index in [9.17, 15) is 4.79 Å². The SMILES string of the molecule is COCCN(CCNCc1cccs1)C(=O)OC(C)(C)C. The minimum atomic E-state index is -0.479. The number of hydrogen-bond donors (Lipinski definition) is 1. The van der Waals surface area contributed by atoms with E-state index < -0.39 is 5.60 Å². The number of nitrogens with zero attached hydrogens (tertiary/aromatic N) is 1. The number of carbonyl (C=O) groups excluding carboxylic acids is 1. The predicted molar refractivity (Wildman–Crippen MR) is 85.7 cm³/mol. The summed E-state index contributed by atoms with van der Waals surface area (Å²) in [5.74, 6) is 0.